The molecule has 2 aromatic carbocycles. The second-order valence-electron chi connectivity index (χ2n) is 5.46. The third-order valence-corrected chi connectivity index (χ3v) is 4.64. The van der Waals surface area contributed by atoms with Crippen molar-refractivity contribution in [1.82, 2.24) is 0 Å². The number of hydrogen-bond acceptors (Lipinski definition) is 5. The Morgan fingerprint density at radius 2 is 1.76 bits per heavy atom. The fourth-order valence-corrected chi connectivity index (χ4v) is 2.92. The molecule has 3 N–H and O–H groups in total. The molecule has 1 aliphatic heterocycles. The number of carbonyl (C=O) groups excluding carboxylic acids is 1. The number of phenolic OH excluding ortho intramolecular Hbond substituents is 1. The average Bonchev–Trinajstić information content (AvgIpc) is 2.84. The first-order valence-electron chi connectivity index (χ1n) is 7.30. The highest BCUT2D eigenvalue weighted by Crippen LogP contribution is 2.27. The van der Waals surface area contributed by atoms with Gasteiger partial charge in [-0.15, -0.1) is 0 Å². The lowest BCUT2D eigenvalue weighted by Gasteiger charge is -2.12. The molecule has 1 heterocycles. The highest BCUT2D eigenvalue weighted by molar-refractivity contribution is 7.89. The van der Waals surface area contributed by atoms with Crippen LogP contribution in [0.4, 0.5) is 5.69 Å². The number of nitrogens with two attached hydrogens (primary N) is 1. The number of hydrazone groups is 1. The topological polar surface area (TPSA) is 113 Å². The van der Waals surface area contributed by atoms with E-state index < -0.39 is 10.0 Å². The Labute approximate surface area is 144 Å². The summed E-state index contributed by atoms with van der Waals surface area (Å²) in [6.45, 7) is 1.68. The van der Waals surface area contributed by atoms with Crippen molar-refractivity contribution in [2.45, 2.75) is 11.8 Å². The van der Waals surface area contributed by atoms with Crippen LogP contribution in [0.1, 0.15) is 12.5 Å². The molecule has 0 radical (unpaired) electrons. The van der Waals surface area contributed by atoms with Crippen molar-refractivity contribution >= 4 is 33.4 Å². The first-order chi connectivity index (χ1) is 11.8. The summed E-state index contributed by atoms with van der Waals surface area (Å²) in [4.78, 5) is 12.6. The molecule has 2 aromatic rings. The number of amides is 1. The number of phenols is 1. The van der Waals surface area contributed by atoms with Gasteiger partial charge in [0.05, 0.1) is 21.9 Å². The molecule has 1 aliphatic rings. The molecule has 1 amide bonds. The van der Waals surface area contributed by atoms with Crippen molar-refractivity contribution in [2.24, 2.45) is 10.2 Å². The number of benzene rings is 2. The van der Waals surface area contributed by atoms with Gasteiger partial charge < -0.3 is 5.11 Å². The minimum absolute atomic E-state index is 0.0476. The summed E-state index contributed by atoms with van der Waals surface area (Å²) in [5.74, 6) is -0.310. The smallest absolute Gasteiger partial charge is 0.280 e. The Morgan fingerprint density at radius 1 is 1.12 bits per heavy atom. The van der Waals surface area contributed by atoms with E-state index in [1.54, 1.807) is 31.2 Å². The molecule has 0 aromatic heterocycles. The Kier molecular flexibility index (Phi) is 4.15. The van der Waals surface area contributed by atoms with E-state index in [1.807, 2.05) is 0 Å². The minimum Gasteiger partial charge on any atom is -0.507 e. The fourth-order valence-electron chi connectivity index (χ4n) is 2.40. The van der Waals surface area contributed by atoms with Crippen LogP contribution in [0.3, 0.4) is 0 Å². The first-order valence-corrected chi connectivity index (χ1v) is 8.84. The molecule has 0 atom stereocenters. The molecule has 8 heteroatoms. The van der Waals surface area contributed by atoms with Gasteiger partial charge in [0.15, 0.2) is 0 Å². The summed E-state index contributed by atoms with van der Waals surface area (Å²) >= 11 is 0. The van der Waals surface area contributed by atoms with Gasteiger partial charge in [-0.05, 0) is 43.3 Å². The maximum absolute atomic E-state index is 12.6. The molecule has 0 saturated carbocycles. The Hall–Kier alpha value is -2.97. The average molecular weight is 357 g/mol. The summed E-state index contributed by atoms with van der Waals surface area (Å²) in [7, 11) is -3.80. The maximum Gasteiger partial charge on any atom is 0.280 e. The SMILES string of the molecule is CC1=NN(c2ccc(S(N)(=O)=O)cc2)C(=O)/C1=C\c1ccccc1O. The zero-order valence-corrected chi connectivity index (χ0v) is 14.1. The lowest BCUT2D eigenvalue weighted by atomic mass is 10.1. The van der Waals surface area contributed by atoms with Crippen LogP contribution in [-0.4, -0.2) is 25.1 Å². The number of nitrogens with zero attached hydrogens (tertiary/aromatic N) is 2. The van der Waals surface area contributed by atoms with Crippen LogP contribution in [0.2, 0.25) is 0 Å². The van der Waals surface area contributed by atoms with E-state index in [0.29, 0.717) is 22.5 Å². The zero-order valence-electron chi connectivity index (χ0n) is 13.2. The predicted octanol–water partition coefficient (Wildman–Crippen LogP) is 1.85. The highest BCUT2D eigenvalue weighted by Gasteiger charge is 2.29. The number of para-hydroxylation sites is 1. The van der Waals surface area contributed by atoms with E-state index in [-0.39, 0.29) is 16.6 Å². The minimum atomic E-state index is -3.80. The van der Waals surface area contributed by atoms with Gasteiger partial charge in [0, 0.05) is 5.56 Å². The molecule has 0 aliphatic carbocycles. The van der Waals surface area contributed by atoms with Gasteiger partial charge >= 0.3 is 0 Å². The van der Waals surface area contributed by atoms with Crippen molar-refractivity contribution in [3.05, 3.63) is 59.7 Å². The lowest BCUT2D eigenvalue weighted by Crippen LogP contribution is -2.21. The molecule has 0 spiro atoms. The van der Waals surface area contributed by atoms with E-state index in [4.69, 9.17) is 5.14 Å². The highest BCUT2D eigenvalue weighted by atomic mass is 32.2. The Balaban J connectivity index is 1.94. The van der Waals surface area contributed by atoms with Gasteiger partial charge in [-0.25, -0.2) is 13.6 Å². The molecule has 0 bridgehead atoms. The first kappa shape index (κ1) is 16.9. The Bertz CT molecular complexity index is 1010. The summed E-state index contributed by atoms with van der Waals surface area (Å²) < 4.78 is 22.6. The van der Waals surface area contributed by atoms with Gasteiger partial charge in [-0.1, -0.05) is 18.2 Å². The second kappa shape index (κ2) is 6.15. The number of sulfonamides is 1. The number of rotatable bonds is 3. The molecule has 0 fully saturated rings. The normalized spacial score (nSPS) is 16.4. The number of primary sulfonamides is 1. The van der Waals surface area contributed by atoms with Gasteiger partial charge in [-0.2, -0.15) is 10.1 Å². The molecule has 25 heavy (non-hydrogen) atoms. The third-order valence-electron chi connectivity index (χ3n) is 3.71. The van der Waals surface area contributed by atoms with Crippen LogP contribution < -0.4 is 10.1 Å². The Morgan fingerprint density at radius 3 is 2.36 bits per heavy atom. The van der Waals surface area contributed by atoms with Gasteiger partial charge in [0.25, 0.3) is 5.91 Å². The van der Waals surface area contributed by atoms with E-state index in [2.05, 4.69) is 5.10 Å². The van der Waals surface area contributed by atoms with E-state index in [1.165, 1.54) is 35.3 Å². The van der Waals surface area contributed by atoms with Crippen molar-refractivity contribution in [3.63, 3.8) is 0 Å². The van der Waals surface area contributed by atoms with Crippen molar-refractivity contribution in [2.75, 3.05) is 5.01 Å². The molecule has 0 unspecified atom stereocenters. The van der Waals surface area contributed by atoms with E-state index in [0.717, 1.165) is 0 Å². The quantitative estimate of drug-likeness (QED) is 0.816. The summed E-state index contributed by atoms with van der Waals surface area (Å²) in [5, 5.41) is 20.3. The standard InChI is InChI=1S/C17H15N3O4S/c1-11-15(10-12-4-2-3-5-16(12)21)17(22)20(19-11)13-6-8-14(9-7-13)25(18,23)24/h2-10,21H,1H3,(H2,18,23,24)/b15-10-. The van der Waals surface area contributed by atoms with Crippen molar-refractivity contribution in [3.8, 4) is 5.75 Å². The van der Waals surface area contributed by atoms with Crippen LogP contribution in [0.25, 0.3) is 6.08 Å². The maximum atomic E-state index is 12.6. The van der Waals surface area contributed by atoms with Gasteiger partial charge in [-0.3, -0.25) is 4.79 Å². The van der Waals surface area contributed by atoms with E-state index >= 15 is 0 Å². The number of carbonyl (C=O) groups is 1. The van der Waals surface area contributed by atoms with Crippen LogP contribution in [0, 0.1) is 0 Å². The van der Waals surface area contributed by atoms with Crippen LogP contribution >= 0.6 is 0 Å². The van der Waals surface area contributed by atoms with Crippen molar-refractivity contribution in [1.29, 1.82) is 0 Å². The number of hydrogen-bond donors (Lipinski definition) is 2. The van der Waals surface area contributed by atoms with Gasteiger partial charge in [0.2, 0.25) is 10.0 Å². The lowest BCUT2D eigenvalue weighted by molar-refractivity contribution is -0.114. The zero-order chi connectivity index (χ0) is 18.2. The molecule has 128 valence electrons. The van der Waals surface area contributed by atoms with Crippen molar-refractivity contribution < 1.29 is 18.3 Å². The molecule has 3 rings (SSSR count). The second-order valence-corrected chi connectivity index (χ2v) is 7.02. The molecular weight excluding hydrogens is 342 g/mol. The fraction of sp³-hybridized carbons (Fsp3) is 0.0588. The van der Waals surface area contributed by atoms with Gasteiger partial charge in [0.1, 0.15) is 5.75 Å². The molecule has 7 nitrogen and oxygen atoms in total. The van der Waals surface area contributed by atoms with Crippen LogP contribution in [0.5, 0.6) is 5.75 Å². The molecular formula is C17H15N3O4S. The predicted molar refractivity (Wildman–Crippen MR) is 94.5 cm³/mol. The number of anilines is 1. The number of aromatic hydroxyl groups is 1. The summed E-state index contributed by atoms with van der Waals surface area (Å²) in [5.41, 5.74) is 1.75. The molecule has 0 saturated heterocycles. The summed E-state index contributed by atoms with van der Waals surface area (Å²) in [6.07, 6.45) is 1.56. The largest absolute Gasteiger partial charge is 0.507 e. The van der Waals surface area contributed by atoms with Crippen LogP contribution in [0.15, 0.2) is 64.1 Å². The summed E-state index contributed by atoms with van der Waals surface area (Å²) in [6, 6.07) is 12.2. The monoisotopic (exact) mass is 357 g/mol. The third kappa shape index (κ3) is 3.30. The van der Waals surface area contributed by atoms with Crippen LogP contribution in [-0.2, 0) is 14.8 Å². The van der Waals surface area contributed by atoms with E-state index in [9.17, 15) is 18.3 Å².